The lowest BCUT2D eigenvalue weighted by Crippen LogP contribution is -2.04. The van der Waals surface area contributed by atoms with Gasteiger partial charge in [0.25, 0.3) is 0 Å². The molecule has 16 rings (SSSR count). The van der Waals surface area contributed by atoms with Crippen molar-refractivity contribution in [1.29, 1.82) is 0 Å². The van der Waals surface area contributed by atoms with Crippen molar-refractivity contribution in [1.82, 2.24) is 39.9 Å². The molecule has 0 radical (unpaired) electrons. The molecule has 10 aromatic heterocycles. The number of H-pyrrole nitrogens is 6. The first-order chi connectivity index (χ1) is 50.8. The fourth-order valence-electron chi connectivity index (χ4n) is 12.8. The standard InChI is InChI=1S/2C38H18F10N4O/c2*1-53-15-4-2-14(3-5-15)24-18-10-12-22(51-18)25(27-29(39)33(43)37(47)34(44)30(27)40)20-8-6-16(49-20)17-7-9-21(50-17)26(23-13-11-19(24)52-23)28-31(41)35(45)38(48)36(46)32(28)42/h2*2-13,49,51-52H,1H3. The summed E-state index contributed by atoms with van der Waals surface area (Å²) in [5.41, 5.74) is -5.77. The number of fused-ring (bicyclic) bond motifs is 18. The number of aromatic amines is 6. The van der Waals surface area contributed by atoms with Crippen LogP contribution < -0.4 is 19.4 Å². The highest BCUT2D eigenvalue weighted by Crippen LogP contribution is 2.44. The molecular formula is C76H36F20N8O2. The molecule has 0 saturated heterocycles. The molecule has 0 aliphatic carbocycles. The van der Waals surface area contributed by atoms with Crippen molar-refractivity contribution < 1.29 is 97.3 Å². The van der Waals surface area contributed by atoms with E-state index in [2.05, 4.69) is 39.9 Å². The lowest BCUT2D eigenvalue weighted by atomic mass is 10.0. The second-order valence-corrected chi connectivity index (χ2v) is 23.6. The van der Waals surface area contributed by atoms with E-state index in [-0.39, 0.29) is 99.4 Å². The van der Waals surface area contributed by atoms with E-state index >= 15 is 35.1 Å². The molecule has 30 heteroatoms. The second kappa shape index (κ2) is 26.0. The maximum absolute atomic E-state index is 15.5. The third kappa shape index (κ3) is 11.0. The van der Waals surface area contributed by atoms with E-state index in [9.17, 15) is 52.7 Å². The van der Waals surface area contributed by atoms with Gasteiger partial charge in [0.2, 0.25) is 69.8 Å². The number of benzene rings is 6. The molecule has 0 aliphatic rings. The van der Waals surface area contributed by atoms with Gasteiger partial charge in [-0.3, -0.25) is 0 Å². The van der Waals surface area contributed by atoms with Crippen LogP contribution in [0.4, 0.5) is 87.8 Å². The van der Waals surface area contributed by atoms with Crippen LogP contribution in [0, 0.1) is 116 Å². The largest absolute Gasteiger partial charge is 0.641 e. The zero-order valence-electron chi connectivity index (χ0n) is 53.1. The van der Waals surface area contributed by atoms with Crippen LogP contribution in [0.15, 0.2) is 146 Å². The van der Waals surface area contributed by atoms with Crippen molar-refractivity contribution in [3.8, 4) is 78.3 Å². The Morgan fingerprint density at radius 1 is 0.226 bits per heavy atom. The van der Waals surface area contributed by atoms with Crippen molar-refractivity contribution in [3.63, 3.8) is 0 Å². The predicted octanol–water partition coefficient (Wildman–Crippen LogP) is 22.1. The van der Waals surface area contributed by atoms with E-state index in [4.69, 9.17) is 9.47 Å². The third-order valence-electron chi connectivity index (χ3n) is 17.8. The highest BCUT2D eigenvalue weighted by atomic mass is 19.2. The molecule has 10 heterocycles. The van der Waals surface area contributed by atoms with Crippen LogP contribution in [0.3, 0.4) is 0 Å². The van der Waals surface area contributed by atoms with Crippen molar-refractivity contribution in [3.05, 3.63) is 262 Å². The molecule has 0 atom stereocenters. The molecule has 16 bridgehead atoms. The molecular weight excluding hydrogens is 1440 g/mol. The van der Waals surface area contributed by atoms with Gasteiger partial charge < -0.3 is 49.3 Å². The van der Waals surface area contributed by atoms with E-state index in [0.29, 0.717) is 22.6 Å². The minimum absolute atomic E-state index is 0.0173. The van der Waals surface area contributed by atoms with Crippen LogP contribution in [0.25, 0.3) is 155 Å². The van der Waals surface area contributed by atoms with Gasteiger partial charge in [-0.05, 0) is 120 Å². The summed E-state index contributed by atoms with van der Waals surface area (Å²) in [6.07, 6.45) is 0. The summed E-state index contributed by atoms with van der Waals surface area (Å²) in [6.45, 7) is 0. The topological polar surface area (TPSA) is 141 Å². The first-order valence-corrected chi connectivity index (χ1v) is 30.8. The lowest BCUT2D eigenvalue weighted by molar-refractivity contribution is 0.381. The molecule has 0 aliphatic heterocycles. The molecule has 106 heavy (non-hydrogen) atoms. The second-order valence-electron chi connectivity index (χ2n) is 23.6. The van der Waals surface area contributed by atoms with Gasteiger partial charge in [0.15, 0.2) is 57.7 Å². The fourth-order valence-corrected chi connectivity index (χ4v) is 12.8. The molecule has 16 aromatic rings. The highest BCUT2D eigenvalue weighted by Gasteiger charge is 2.36. The van der Waals surface area contributed by atoms with Crippen LogP contribution in [0.5, 0.6) is 11.5 Å². The number of methoxy groups -OCH3 is 2. The highest BCUT2D eigenvalue weighted by molar-refractivity contribution is 6.04. The molecule has 6 N–H and O–H groups in total. The van der Waals surface area contributed by atoms with Gasteiger partial charge in [0.05, 0.1) is 47.5 Å². The van der Waals surface area contributed by atoms with Gasteiger partial charge in [-0.15, -0.1) is 11.0 Å². The van der Waals surface area contributed by atoms with Crippen LogP contribution >= 0.6 is 0 Å². The van der Waals surface area contributed by atoms with Gasteiger partial charge in [-0.1, -0.05) is 35.3 Å². The number of ether oxygens (including phenoxy) is 2. The first kappa shape index (κ1) is 68.7. The van der Waals surface area contributed by atoms with Crippen molar-refractivity contribution >= 4 is 88.3 Å². The van der Waals surface area contributed by atoms with E-state index in [1.165, 1.54) is 111 Å². The Labute approximate surface area is 577 Å². The summed E-state index contributed by atoms with van der Waals surface area (Å²) < 4.78 is 308. The summed E-state index contributed by atoms with van der Waals surface area (Å²) >= 11 is 0. The summed E-state index contributed by atoms with van der Waals surface area (Å²) in [4.78, 5) is 26.4. The summed E-state index contributed by atoms with van der Waals surface area (Å²) in [6, 6.07) is 34.4. The van der Waals surface area contributed by atoms with Crippen LogP contribution in [0.1, 0.15) is 0 Å². The Morgan fingerprint density at radius 3 is 0.755 bits per heavy atom. The zero-order valence-corrected chi connectivity index (χ0v) is 53.1. The number of nitrogens with zero attached hydrogens (tertiary/aromatic N) is 2. The fraction of sp³-hybridized carbons (Fsp3) is 0.0263. The van der Waals surface area contributed by atoms with Crippen molar-refractivity contribution in [2.75, 3.05) is 14.2 Å². The zero-order chi connectivity index (χ0) is 74.9. The number of nitrogens with one attached hydrogen (secondary N) is 6. The van der Waals surface area contributed by atoms with Crippen LogP contribution in [-0.2, 0) is 0 Å². The number of aromatic nitrogens is 8. The normalized spacial score (nSPS) is 11.7. The quantitative estimate of drug-likeness (QED) is 0.0390. The van der Waals surface area contributed by atoms with Gasteiger partial charge in [-0.2, -0.15) is 43.9 Å². The van der Waals surface area contributed by atoms with Crippen LogP contribution in [0.2, 0.25) is 0 Å². The number of rotatable bonds is 8. The summed E-state index contributed by atoms with van der Waals surface area (Å²) in [5.74, 6) is -42.9. The predicted molar refractivity (Wildman–Crippen MR) is 355 cm³/mol. The minimum Gasteiger partial charge on any atom is -0.641 e. The lowest BCUT2D eigenvalue weighted by Gasteiger charge is -2.09. The van der Waals surface area contributed by atoms with Gasteiger partial charge in [0.1, 0.15) is 22.5 Å². The maximum atomic E-state index is 15.5. The van der Waals surface area contributed by atoms with Crippen molar-refractivity contribution in [2.24, 2.45) is 0 Å². The average molecular weight is 1470 g/mol. The maximum Gasteiger partial charge on any atom is 0.239 e. The molecule has 0 amide bonds. The summed E-state index contributed by atoms with van der Waals surface area (Å²) in [7, 11) is 2.87. The monoisotopic (exact) mass is 1470 g/mol. The Morgan fingerprint density at radius 2 is 0.462 bits per heavy atom. The first-order valence-electron chi connectivity index (χ1n) is 30.8. The number of halogens is 20. The van der Waals surface area contributed by atoms with Crippen LogP contribution in [-0.4, -0.2) is 44.1 Å². The molecule has 532 valence electrons. The molecule has 0 unspecified atom stereocenters. The Hall–Kier alpha value is -13.0. The van der Waals surface area contributed by atoms with E-state index in [0.717, 1.165) is 0 Å². The van der Waals surface area contributed by atoms with E-state index in [1.807, 2.05) is 0 Å². The summed E-state index contributed by atoms with van der Waals surface area (Å²) in [5, 5.41) is 0. The molecule has 6 aromatic carbocycles. The Balaban J connectivity index is 0.000000170. The van der Waals surface area contributed by atoms with Gasteiger partial charge in [-0.25, -0.2) is 43.9 Å². The molecule has 0 saturated carbocycles. The number of hydrogen-bond acceptors (Lipinski definition) is 2. The molecule has 0 spiro atoms. The molecule has 10 nitrogen and oxygen atoms in total. The third-order valence-corrected chi connectivity index (χ3v) is 17.8. The number of hydrogen-bond donors (Lipinski definition) is 6. The van der Waals surface area contributed by atoms with Gasteiger partial charge in [0, 0.05) is 78.5 Å². The smallest absolute Gasteiger partial charge is 0.239 e. The SMILES string of the molecule is COc1ccc(-c2c3ccc([nH]3)c(-c3c(F)c(F)c(F)c(F)c3F)c3ccc([nH]3)c3ccc([n-]3)[c+](-c3c(F)c(F)c(F)c(F)c3F)c3ccc2[nH]3)cc1.COc1ccc(-c2c3ccc([nH]3)c(-c3c(F)c(F)c(F)c(F)c3F)c3ccc([nH]3)c3ccc([n-]3)[c+](-c3c(F)c(F)c(F)c(F)c3F)c3ccc2[nH]3)cc1. The Kier molecular flexibility index (Phi) is 16.9. The van der Waals surface area contributed by atoms with Gasteiger partial charge >= 0.3 is 0 Å². The Bertz CT molecular complexity index is 5720. The van der Waals surface area contributed by atoms with E-state index in [1.54, 1.807) is 48.5 Å². The average Bonchev–Trinajstić information content (AvgIpc) is 1.52. The minimum atomic E-state index is -2.36. The molecule has 0 fully saturated rings. The van der Waals surface area contributed by atoms with Crippen molar-refractivity contribution in [2.45, 2.75) is 0 Å². The van der Waals surface area contributed by atoms with E-state index < -0.39 is 161 Å².